The van der Waals surface area contributed by atoms with Crippen molar-refractivity contribution in [3.8, 4) is 5.75 Å². The zero-order valence-corrected chi connectivity index (χ0v) is 17.3. The average Bonchev–Trinajstić information content (AvgIpc) is 2.99. The quantitative estimate of drug-likeness (QED) is 0.394. The SMILES string of the molecule is O=[N+]([O-])c1cccnc1N1CCN(CCCCN2CCOc3ccccc3C2)CC1. The predicted molar refractivity (Wildman–Crippen MR) is 116 cm³/mol. The van der Waals surface area contributed by atoms with Gasteiger partial charge in [-0.15, -0.1) is 0 Å². The van der Waals surface area contributed by atoms with Gasteiger partial charge in [-0.05, 0) is 38.1 Å². The molecular weight excluding hydrogens is 382 g/mol. The third-order valence-electron chi connectivity index (χ3n) is 5.86. The zero-order chi connectivity index (χ0) is 20.8. The molecule has 2 aliphatic rings. The summed E-state index contributed by atoms with van der Waals surface area (Å²) < 4.78 is 5.85. The van der Waals surface area contributed by atoms with E-state index in [1.165, 1.54) is 11.6 Å². The highest BCUT2D eigenvalue weighted by atomic mass is 16.6. The molecule has 0 aliphatic carbocycles. The van der Waals surface area contributed by atoms with Crippen LogP contribution in [0.4, 0.5) is 11.5 Å². The molecule has 8 heteroatoms. The molecule has 4 rings (SSSR count). The highest BCUT2D eigenvalue weighted by Crippen LogP contribution is 2.26. The van der Waals surface area contributed by atoms with Crippen molar-refractivity contribution >= 4 is 11.5 Å². The zero-order valence-electron chi connectivity index (χ0n) is 17.3. The van der Waals surface area contributed by atoms with Crippen LogP contribution >= 0.6 is 0 Å². The average molecular weight is 412 g/mol. The number of aromatic nitrogens is 1. The molecule has 0 amide bonds. The van der Waals surface area contributed by atoms with E-state index in [-0.39, 0.29) is 10.6 Å². The Hall–Kier alpha value is -2.71. The van der Waals surface area contributed by atoms with E-state index in [0.29, 0.717) is 5.82 Å². The molecule has 1 aromatic carbocycles. The van der Waals surface area contributed by atoms with Crippen LogP contribution in [0.25, 0.3) is 0 Å². The molecule has 0 radical (unpaired) electrons. The summed E-state index contributed by atoms with van der Waals surface area (Å²) in [5.74, 6) is 1.51. The fraction of sp³-hybridized carbons (Fsp3) is 0.500. The Morgan fingerprint density at radius 3 is 2.53 bits per heavy atom. The van der Waals surface area contributed by atoms with E-state index in [4.69, 9.17) is 4.74 Å². The molecule has 2 aromatic rings. The topological polar surface area (TPSA) is 75.0 Å². The number of piperazine rings is 1. The Labute approximate surface area is 177 Å². The van der Waals surface area contributed by atoms with Gasteiger partial charge in [0, 0.05) is 57.1 Å². The van der Waals surface area contributed by atoms with Crippen LogP contribution in [-0.4, -0.2) is 72.1 Å². The lowest BCUT2D eigenvalue weighted by Crippen LogP contribution is -2.47. The first kappa shape index (κ1) is 20.6. The number of benzene rings is 1. The summed E-state index contributed by atoms with van der Waals surface area (Å²) in [6, 6.07) is 11.5. The Balaban J connectivity index is 1.18. The lowest BCUT2D eigenvalue weighted by atomic mass is 10.2. The number of ether oxygens (including phenoxy) is 1. The molecule has 1 fully saturated rings. The number of fused-ring (bicyclic) bond motifs is 1. The molecule has 3 heterocycles. The number of pyridine rings is 1. The molecule has 0 saturated carbocycles. The van der Waals surface area contributed by atoms with Gasteiger partial charge in [0.25, 0.3) is 0 Å². The molecule has 0 bridgehead atoms. The first-order valence-electron chi connectivity index (χ1n) is 10.7. The van der Waals surface area contributed by atoms with Crippen LogP contribution in [-0.2, 0) is 6.54 Å². The number of hydrogen-bond donors (Lipinski definition) is 0. The van der Waals surface area contributed by atoms with Gasteiger partial charge in [-0.25, -0.2) is 4.98 Å². The van der Waals surface area contributed by atoms with Crippen LogP contribution in [0, 0.1) is 10.1 Å². The smallest absolute Gasteiger partial charge is 0.311 e. The fourth-order valence-corrected chi connectivity index (χ4v) is 4.20. The largest absolute Gasteiger partial charge is 0.492 e. The second kappa shape index (κ2) is 9.86. The van der Waals surface area contributed by atoms with E-state index in [1.807, 2.05) is 11.0 Å². The van der Waals surface area contributed by atoms with Gasteiger partial charge >= 0.3 is 5.69 Å². The van der Waals surface area contributed by atoms with Gasteiger partial charge in [-0.1, -0.05) is 18.2 Å². The summed E-state index contributed by atoms with van der Waals surface area (Å²) in [6.45, 7) is 8.21. The minimum atomic E-state index is -0.346. The van der Waals surface area contributed by atoms with Crippen LogP contribution in [0.2, 0.25) is 0 Å². The highest BCUT2D eigenvalue weighted by Gasteiger charge is 2.24. The Morgan fingerprint density at radius 2 is 1.73 bits per heavy atom. The van der Waals surface area contributed by atoms with E-state index < -0.39 is 0 Å². The molecule has 0 spiro atoms. The minimum absolute atomic E-state index is 0.0916. The predicted octanol–water partition coefficient (Wildman–Crippen LogP) is 2.79. The van der Waals surface area contributed by atoms with E-state index in [9.17, 15) is 10.1 Å². The molecule has 0 atom stereocenters. The lowest BCUT2D eigenvalue weighted by Gasteiger charge is -2.35. The third kappa shape index (κ3) is 5.06. The fourth-order valence-electron chi connectivity index (χ4n) is 4.20. The van der Waals surface area contributed by atoms with Crippen LogP contribution < -0.4 is 9.64 Å². The summed E-state index contributed by atoms with van der Waals surface area (Å²) >= 11 is 0. The van der Waals surface area contributed by atoms with Crippen molar-refractivity contribution in [1.29, 1.82) is 0 Å². The molecule has 160 valence electrons. The number of nitro groups is 1. The first-order valence-corrected chi connectivity index (χ1v) is 10.7. The van der Waals surface area contributed by atoms with Gasteiger partial charge in [-0.3, -0.25) is 19.9 Å². The van der Waals surface area contributed by atoms with Crippen molar-refractivity contribution in [2.75, 3.05) is 57.3 Å². The summed E-state index contributed by atoms with van der Waals surface area (Å²) in [5, 5.41) is 11.2. The van der Waals surface area contributed by atoms with Gasteiger partial charge in [0.1, 0.15) is 12.4 Å². The molecule has 0 unspecified atom stereocenters. The number of rotatable bonds is 7. The maximum absolute atomic E-state index is 11.2. The summed E-state index contributed by atoms with van der Waals surface area (Å²) in [4.78, 5) is 22.1. The second-order valence-corrected chi connectivity index (χ2v) is 7.87. The van der Waals surface area contributed by atoms with Crippen LogP contribution in [0.5, 0.6) is 5.75 Å². The Bertz CT molecular complexity index is 854. The van der Waals surface area contributed by atoms with Crippen LogP contribution in [0.15, 0.2) is 42.6 Å². The Kier molecular flexibility index (Phi) is 6.76. The third-order valence-corrected chi connectivity index (χ3v) is 5.86. The molecule has 2 aliphatic heterocycles. The maximum atomic E-state index is 11.2. The van der Waals surface area contributed by atoms with Gasteiger partial charge in [-0.2, -0.15) is 0 Å². The number of para-hydroxylation sites is 1. The molecule has 1 saturated heterocycles. The van der Waals surface area contributed by atoms with Gasteiger partial charge in [0.15, 0.2) is 0 Å². The van der Waals surface area contributed by atoms with Crippen molar-refractivity contribution in [2.45, 2.75) is 19.4 Å². The summed E-state index contributed by atoms with van der Waals surface area (Å²) in [5.41, 5.74) is 1.36. The van der Waals surface area contributed by atoms with Gasteiger partial charge in [0.05, 0.1) is 4.92 Å². The van der Waals surface area contributed by atoms with Crippen LogP contribution in [0.3, 0.4) is 0 Å². The van der Waals surface area contributed by atoms with E-state index in [2.05, 4.69) is 33.0 Å². The van der Waals surface area contributed by atoms with Crippen LogP contribution in [0.1, 0.15) is 18.4 Å². The molecule has 0 N–H and O–H groups in total. The maximum Gasteiger partial charge on any atom is 0.311 e. The van der Waals surface area contributed by atoms with Crippen molar-refractivity contribution in [3.63, 3.8) is 0 Å². The molecule has 30 heavy (non-hydrogen) atoms. The molecule has 1 aromatic heterocycles. The number of hydrogen-bond acceptors (Lipinski definition) is 7. The molecule has 8 nitrogen and oxygen atoms in total. The highest BCUT2D eigenvalue weighted by molar-refractivity contribution is 5.57. The first-order chi connectivity index (χ1) is 14.7. The van der Waals surface area contributed by atoms with Crippen molar-refractivity contribution in [1.82, 2.24) is 14.8 Å². The van der Waals surface area contributed by atoms with E-state index in [0.717, 1.165) is 77.6 Å². The van der Waals surface area contributed by atoms with Gasteiger partial charge in [0.2, 0.25) is 5.82 Å². The Morgan fingerprint density at radius 1 is 0.967 bits per heavy atom. The van der Waals surface area contributed by atoms with E-state index in [1.54, 1.807) is 12.3 Å². The number of nitrogens with zero attached hydrogens (tertiary/aromatic N) is 5. The monoisotopic (exact) mass is 411 g/mol. The van der Waals surface area contributed by atoms with Crippen molar-refractivity contribution < 1.29 is 9.66 Å². The number of anilines is 1. The van der Waals surface area contributed by atoms with Crippen molar-refractivity contribution in [2.24, 2.45) is 0 Å². The summed E-state index contributed by atoms with van der Waals surface area (Å²) in [6.07, 6.45) is 3.94. The van der Waals surface area contributed by atoms with Gasteiger partial charge < -0.3 is 9.64 Å². The van der Waals surface area contributed by atoms with Crippen molar-refractivity contribution in [3.05, 3.63) is 58.3 Å². The normalized spacial score (nSPS) is 17.8. The minimum Gasteiger partial charge on any atom is -0.492 e. The van der Waals surface area contributed by atoms with E-state index >= 15 is 0 Å². The molecular formula is C22H29N5O3. The second-order valence-electron chi connectivity index (χ2n) is 7.87. The lowest BCUT2D eigenvalue weighted by molar-refractivity contribution is -0.384. The standard InChI is InChI=1S/C22H29N5O3/c28-27(29)20-7-5-9-23-22(20)26-14-12-24(13-15-26)10-3-4-11-25-16-17-30-21-8-2-1-6-19(21)18-25/h1-2,5-9H,3-4,10-18H2. The number of unbranched alkanes of at least 4 members (excludes halogenated alkanes) is 1. The summed E-state index contributed by atoms with van der Waals surface area (Å²) in [7, 11) is 0.